The molecule has 1 aliphatic heterocycles. The zero-order chi connectivity index (χ0) is 15.4. The summed E-state index contributed by atoms with van der Waals surface area (Å²) in [6, 6.07) is 6.71. The molecular formula is C19H23N3. The van der Waals surface area contributed by atoms with Crippen molar-refractivity contribution in [2.24, 2.45) is 5.92 Å². The molecule has 1 unspecified atom stereocenters. The van der Waals surface area contributed by atoms with Crippen LogP contribution in [0.1, 0.15) is 37.4 Å². The molecule has 0 aromatic carbocycles. The molecule has 0 amide bonds. The third-order valence-corrected chi connectivity index (χ3v) is 4.67. The number of pyridine rings is 1. The summed E-state index contributed by atoms with van der Waals surface area (Å²) in [6.07, 6.45) is 11.6. The van der Waals surface area contributed by atoms with Crippen LogP contribution >= 0.6 is 0 Å². The van der Waals surface area contributed by atoms with E-state index in [1.807, 2.05) is 6.20 Å². The van der Waals surface area contributed by atoms with Crippen LogP contribution in [0, 0.1) is 17.2 Å². The third-order valence-electron chi connectivity index (χ3n) is 4.67. The van der Waals surface area contributed by atoms with E-state index in [2.05, 4.69) is 47.2 Å². The molecule has 0 radical (unpaired) electrons. The highest BCUT2D eigenvalue weighted by Crippen LogP contribution is 2.29. The first-order valence-electron chi connectivity index (χ1n) is 8.29. The van der Waals surface area contributed by atoms with Crippen LogP contribution in [0.5, 0.6) is 0 Å². The molecule has 2 heterocycles. The van der Waals surface area contributed by atoms with Gasteiger partial charge >= 0.3 is 0 Å². The smallest absolute Gasteiger partial charge is 0.101 e. The Balaban J connectivity index is 1.61. The molecule has 0 bridgehead atoms. The van der Waals surface area contributed by atoms with E-state index in [1.165, 1.54) is 17.7 Å². The minimum Gasteiger partial charge on any atom is -0.370 e. The SMILES string of the molecule is CCc1ccc(CC2CCN(C3=CCCC=C3C#N)C2)nc1. The highest BCUT2D eigenvalue weighted by atomic mass is 15.2. The van der Waals surface area contributed by atoms with Crippen molar-refractivity contribution in [2.75, 3.05) is 13.1 Å². The minimum absolute atomic E-state index is 0.641. The molecule has 1 aromatic rings. The van der Waals surface area contributed by atoms with Crippen LogP contribution in [-0.2, 0) is 12.8 Å². The van der Waals surface area contributed by atoms with Gasteiger partial charge in [-0.15, -0.1) is 0 Å². The maximum absolute atomic E-state index is 9.28. The maximum atomic E-state index is 9.28. The molecule has 3 nitrogen and oxygen atoms in total. The van der Waals surface area contributed by atoms with Gasteiger partial charge in [-0.3, -0.25) is 4.98 Å². The number of aromatic nitrogens is 1. The molecule has 3 heteroatoms. The number of nitrogens with zero attached hydrogens (tertiary/aromatic N) is 3. The van der Waals surface area contributed by atoms with Crippen LogP contribution in [0.2, 0.25) is 0 Å². The number of allylic oxidation sites excluding steroid dienone is 3. The van der Waals surface area contributed by atoms with Crippen LogP contribution < -0.4 is 0 Å². The molecule has 0 spiro atoms. The summed E-state index contributed by atoms with van der Waals surface area (Å²) < 4.78 is 0. The second kappa shape index (κ2) is 6.79. The van der Waals surface area contributed by atoms with Gasteiger partial charge in [0.05, 0.1) is 11.3 Å². The number of nitriles is 1. The second-order valence-electron chi connectivity index (χ2n) is 6.21. The van der Waals surface area contributed by atoms with Crippen molar-refractivity contribution in [2.45, 2.75) is 39.0 Å². The first-order valence-corrected chi connectivity index (χ1v) is 8.29. The molecule has 114 valence electrons. The summed E-state index contributed by atoms with van der Waals surface area (Å²) >= 11 is 0. The van der Waals surface area contributed by atoms with Gasteiger partial charge < -0.3 is 4.90 Å². The van der Waals surface area contributed by atoms with Gasteiger partial charge in [0.2, 0.25) is 0 Å². The van der Waals surface area contributed by atoms with E-state index in [-0.39, 0.29) is 0 Å². The predicted octanol–water partition coefficient (Wildman–Crippen LogP) is 3.64. The van der Waals surface area contributed by atoms with Crippen molar-refractivity contribution >= 4 is 0 Å². The molecule has 1 aromatic heterocycles. The molecule has 3 rings (SSSR count). The van der Waals surface area contributed by atoms with E-state index in [0.29, 0.717) is 5.92 Å². The van der Waals surface area contributed by atoms with Crippen LogP contribution in [0.4, 0.5) is 0 Å². The summed E-state index contributed by atoms with van der Waals surface area (Å²) in [4.78, 5) is 6.97. The highest BCUT2D eigenvalue weighted by molar-refractivity contribution is 5.43. The number of likely N-dealkylation sites (tertiary alicyclic amines) is 1. The van der Waals surface area contributed by atoms with Crippen molar-refractivity contribution < 1.29 is 0 Å². The van der Waals surface area contributed by atoms with Gasteiger partial charge in [-0.25, -0.2) is 0 Å². The monoisotopic (exact) mass is 293 g/mol. The van der Waals surface area contributed by atoms with Gasteiger partial charge in [0, 0.05) is 25.0 Å². The van der Waals surface area contributed by atoms with Crippen molar-refractivity contribution in [3.05, 3.63) is 53.0 Å². The van der Waals surface area contributed by atoms with Gasteiger partial charge in [0.15, 0.2) is 0 Å². The molecule has 0 saturated carbocycles. The van der Waals surface area contributed by atoms with E-state index in [1.54, 1.807) is 0 Å². The molecule has 1 aliphatic carbocycles. The Hall–Kier alpha value is -2.08. The highest BCUT2D eigenvalue weighted by Gasteiger charge is 2.26. The van der Waals surface area contributed by atoms with Crippen LogP contribution in [0.15, 0.2) is 41.8 Å². The van der Waals surface area contributed by atoms with Gasteiger partial charge in [-0.1, -0.05) is 25.1 Å². The van der Waals surface area contributed by atoms with E-state index in [9.17, 15) is 5.26 Å². The number of hydrogen-bond acceptors (Lipinski definition) is 3. The lowest BCUT2D eigenvalue weighted by Gasteiger charge is -2.24. The Kier molecular flexibility index (Phi) is 4.58. The van der Waals surface area contributed by atoms with Gasteiger partial charge in [-0.2, -0.15) is 5.26 Å². The zero-order valence-electron chi connectivity index (χ0n) is 13.3. The summed E-state index contributed by atoms with van der Waals surface area (Å²) in [5.41, 5.74) is 4.51. The van der Waals surface area contributed by atoms with E-state index in [4.69, 9.17) is 0 Å². The first kappa shape index (κ1) is 14.8. The number of aryl methyl sites for hydroxylation is 1. The van der Waals surface area contributed by atoms with Crippen molar-refractivity contribution in [3.8, 4) is 6.07 Å². The zero-order valence-corrected chi connectivity index (χ0v) is 13.3. The quantitative estimate of drug-likeness (QED) is 0.851. The minimum atomic E-state index is 0.641. The number of hydrogen-bond donors (Lipinski definition) is 0. The van der Waals surface area contributed by atoms with Crippen molar-refractivity contribution in [3.63, 3.8) is 0 Å². The third kappa shape index (κ3) is 3.22. The topological polar surface area (TPSA) is 39.9 Å². The van der Waals surface area contributed by atoms with Crippen LogP contribution in [0.3, 0.4) is 0 Å². The van der Waals surface area contributed by atoms with Crippen LogP contribution in [0.25, 0.3) is 0 Å². The summed E-state index contributed by atoms with van der Waals surface area (Å²) in [5.74, 6) is 0.641. The van der Waals surface area contributed by atoms with Crippen molar-refractivity contribution in [1.29, 1.82) is 5.26 Å². The molecule has 0 N–H and O–H groups in total. The molecule has 1 fully saturated rings. The van der Waals surface area contributed by atoms with Crippen LogP contribution in [-0.4, -0.2) is 23.0 Å². The molecule has 1 saturated heterocycles. The van der Waals surface area contributed by atoms with Gasteiger partial charge in [0.25, 0.3) is 0 Å². The van der Waals surface area contributed by atoms with E-state index >= 15 is 0 Å². The lowest BCUT2D eigenvalue weighted by Crippen LogP contribution is -2.22. The lowest BCUT2D eigenvalue weighted by atomic mass is 10.0. The fourth-order valence-corrected chi connectivity index (χ4v) is 3.36. The van der Waals surface area contributed by atoms with E-state index in [0.717, 1.165) is 50.0 Å². The largest absolute Gasteiger partial charge is 0.370 e. The normalized spacial score (nSPS) is 21.3. The molecule has 2 aliphatic rings. The van der Waals surface area contributed by atoms with E-state index < -0.39 is 0 Å². The Labute approximate surface area is 133 Å². The Morgan fingerprint density at radius 3 is 2.91 bits per heavy atom. The Bertz CT molecular complexity index is 619. The fourth-order valence-electron chi connectivity index (χ4n) is 3.36. The maximum Gasteiger partial charge on any atom is 0.101 e. The summed E-state index contributed by atoms with van der Waals surface area (Å²) in [5, 5.41) is 9.28. The molecule has 22 heavy (non-hydrogen) atoms. The number of rotatable bonds is 4. The standard InChI is InChI=1S/C19H23N3/c1-2-15-7-8-18(21-13-15)11-16-9-10-22(14-16)19-6-4-3-5-17(19)12-20/h5-8,13,16H,2-4,9-11,14H2,1H3. The average molecular weight is 293 g/mol. The van der Waals surface area contributed by atoms with Gasteiger partial charge in [-0.05, 0) is 49.7 Å². The first-order chi connectivity index (χ1) is 10.8. The summed E-state index contributed by atoms with van der Waals surface area (Å²) in [7, 11) is 0. The lowest BCUT2D eigenvalue weighted by molar-refractivity contribution is 0.407. The molecular weight excluding hydrogens is 270 g/mol. The fraction of sp³-hybridized carbons (Fsp3) is 0.474. The average Bonchev–Trinajstić information content (AvgIpc) is 3.04. The molecule has 1 atom stereocenters. The Morgan fingerprint density at radius 2 is 2.18 bits per heavy atom. The summed E-state index contributed by atoms with van der Waals surface area (Å²) in [6.45, 7) is 4.26. The Morgan fingerprint density at radius 1 is 1.32 bits per heavy atom. The predicted molar refractivity (Wildman–Crippen MR) is 88.0 cm³/mol. The second-order valence-corrected chi connectivity index (χ2v) is 6.21. The van der Waals surface area contributed by atoms with Crippen molar-refractivity contribution in [1.82, 2.24) is 9.88 Å². The van der Waals surface area contributed by atoms with Gasteiger partial charge in [0.1, 0.15) is 6.07 Å².